The zero-order valence-corrected chi connectivity index (χ0v) is 10.6. The van der Waals surface area contributed by atoms with Crippen molar-refractivity contribution in [3.8, 4) is 0 Å². The fourth-order valence-corrected chi connectivity index (χ4v) is 1.52. The molecule has 0 atom stereocenters. The fraction of sp³-hybridized carbons (Fsp3) is 0.750. The minimum Gasteiger partial charge on any atom is -0.500 e. The second kappa shape index (κ2) is 5.23. The number of likely N-dealkylation sites (tertiary alicyclic amines) is 1. The number of hydrogen-bond donors (Lipinski definition) is 0. The van der Waals surface area contributed by atoms with Crippen LogP contribution in [0, 0.1) is 0 Å². The highest BCUT2D eigenvalue weighted by Gasteiger charge is 2.28. The average molecular weight is 227 g/mol. The van der Waals surface area contributed by atoms with Crippen LogP contribution in [-0.4, -0.2) is 29.7 Å². The molecule has 92 valence electrons. The Balaban J connectivity index is 2.61. The van der Waals surface area contributed by atoms with Gasteiger partial charge in [-0.05, 0) is 40.5 Å². The molecule has 1 rings (SSSR count). The summed E-state index contributed by atoms with van der Waals surface area (Å²) in [5.41, 5.74) is 0.465. The first-order chi connectivity index (χ1) is 7.44. The fourth-order valence-electron chi connectivity index (χ4n) is 1.52. The van der Waals surface area contributed by atoms with Gasteiger partial charge in [0.25, 0.3) is 0 Å². The Labute approximate surface area is 97.2 Å². The van der Waals surface area contributed by atoms with Crippen LogP contribution in [0.4, 0.5) is 4.79 Å². The van der Waals surface area contributed by atoms with Gasteiger partial charge in [-0.3, -0.25) is 4.90 Å². The van der Waals surface area contributed by atoms with E-state index in [-0.39, 0.29) is 6.09 Å². The van der Waals surface area contributed by atoms with Crippen molar-refractivity contribution >= 4 is 6.09 Å². The lowest BCUT2D eigenvalue weighted by molar-refractivity contribution is 0.0332. The van der Waals surface area contributed by atoms with Gasteiger partial charge in [-0.1, -0.05) is 0 Å². The van der Waals surface area contributed by atoms with E-state index < -0.39 is 5.60 Å². The van der Waals surface area contributed by atoms with Crippen molar-refractivity contribution in [2.75, 3.05) is 13.2 Å². The first-order valence-electron chi connectivity index (χ1n) is 5.75. The number of amides is 1. The van der Waals surface area contributed by atoms with Crippen LogP contribution in [0.15, 0.2) is 12.0 Å². The first-order valence-corrected chi connectivity index (χ1v) is 5.75. The van der Waals surface area contributed by atoms with Crippen molar-refractivity contribution in [1.82, 2.24) is 4.90 Å². The van der Waals surface area contributed by atoms with E-state index in [9.17, 15) is 4.79 Å². The Bertz CT molecular complexity index is 278. The number of carbonyl (C=O) groups excluding carboxylic acids is 1. The van der Waals surface area contributed by atoms with E-state index in [1.165, 1.54) is 0 Å². The van der Waals surface area contributed by atoms with Crippen molar-refractivity contribution in [3.63, 3.8) is 0 Å². The second-order valence-electron chi connectivity index (χ2n) is 4.80. The van der Waals surface area contributed by atoms with E-state index in [1.807, 2.05) is 27.7 Å². The van der Waals surface area contributed by atoms with Gasteiger partial charge in [0.1, 0.15) is 11.9 Å². The van der Waals surface area contributed by atoms with Gasteiger partial charge < -0.3 is 9.47 Å². The number of ether oxygens (including phenoxy) is 2. The lowest BCUT2D eigenvalue weighted by Crippen LogP contribution is -2.34. The van der Waals surface area contributed by atoms with Gasteiger partial charge in [0.05, 0.1) is 12.3 Å². The molecule has 4 heteroatoms. The summed E-state index contributed by atoms with van der Waals surface area (Å²) in [5.74, 6) is 0. The summed E-state index contributed by atoms with van der Waals surface area (Å²) in [6.45, 7) is 8.86. The van der Waals surface area contributed by atoms with Crippen molar-refractivity contribution in [2.45, 2.75) is 46.1 Å². The van der Waals surface area contributed by atoms with Gasteiger partial charge in [-0.15, -0.1) is 0 Å². The van der Waals surface area contributed by atoms with Crippen LogP contribution in [0.3, 0.4) is 0 Å². The maximum atomic E-state index is 11.8. The summed E-state index contributed by atoms with van der Waals surface area (Å²) in [7, 11) is 0. The number of rotatable bonds is 2. The molecule has 0 unspecified atom stereocenters. The smallest absolute Gasteiger partial charge is 0.414 e. The van der Waals surface area contributed by atoms with E-state index in [2.05, 4.69) is 0 Å². The molecule has 0 saturated carbocycles. The molecule has 1 aliphatic heterocycles. The topological polar surface area (TPSA) is 38.8 Å². The van der Waals surface area contributed by atoms with Crippen molar-refractivity contribution in [3.05, 3.63) is 12.0 Å². The molecule has 1 fully saturated rings. The normalized spacial score (nSPS) is 19.0. The predicted molar refractivity (Wildman–Crippen MR) is 61.9 cm³/mol. The van der Waals surface area contributed by atoms with Gasteiger partial charge in [0.2, 0.25) is 0 Å². The minimum atomic E-state index is -0.448. The molecule has 4 nitrogen and oxygen atoms in total. The maximum absolute atomic E-state index is 11.8. The number of nitrogens with zero attached hydrogens (tertiary/aromatic N) is 1. The van der Waals surface area contributed by atoms with Crippen molar-refractivity contribution in [2.24, 2.45) is 0 Å². The molecule has 0 radical (unpaired) electrons. The summed E-state index contributed by atoms with van der Waals surface area (Å²) in [6.07, 6.45) is 3.23. The van der Waals surface area contributed by atoms with Crippen LogP contribution in [0.5, 0.6) is 0 Å². The summed E-state index contributed by atoms with van der Waals surface area (Å²) >= 11 is 0. The van der Waals surface area contributed by atoms with Crippen LogP contribution in [0.2, 0.25) is 0 Å². The van der Waals surface area contributed by atoms with Gasteiger partial charge in [-0.2, -0.15) is 0 Å². The molecule has 1 heterocycles. The Morgan fingerprint density at radius 2 is 2.19 bits per heavy atom. The number of carbonyl (C=O) groups is 1. The van der Waals surface area contributed by atoms with Crippen LogP contribution in [0.25, 0.3) is 0 Å². The zero-order valence-electron chi connectivity index (χ0n) is 10.6. The summed E-state index contributed by atoms with van der Waals surface area (Å²) in [6, 6.07) is 0. The second-order valence-corrected chi connectivity index (χ2v) is 4.80. The molecule has 1 saturated heterocycles. The van der Waals surface area contributed by atoms with Gasteiger partial charge >= 0.3 is 6.09 Å². The average Bonchev–Trinajstić information content (AvgIpc) is 2.59. The van der Waals surface area contributed by atoms with Crippen molar-refractivity contribution in [1.29, 1.82) is 0 Å². The Morgan fingerprint density at radius 1 is 1.50 bits per heavy atom. The molecule has 0 bridgehead atoms. The van der Waals surface area contributed by atoms with Gasteiger partial charge in [0.15, 0.2) is 0 Å². The molecule has 0 N–H and O–H groups in total. The summed E-state index contributed by atoms with van der Waals surface area (Å²) in [4.78, 5) is 13.5. The SMILES string of the molecule is CCO/C=C1\CCCN1C(=O)OC(C)(C)C. The lowest BCUT2D eigenvalue weighted by Gasteiger charge is -2.24. The highest BCUT2D eigenvalue weighted by molar-refractivity contribution is 5.70. The standard InChI is InChI=1S/C12H21NO3/c1-5-15-9-10-7-6-8-13(10)11(14)16-12(2,3)4/h9H,5-8H2,1-4H3/b10-9+. The van der Waals surface area contributed by atoms with E-state index in [4.69, 9.17) is 9.47 Å². The van der Waals surface area contributed by atoms with Crippen LogP contribution >= 0.6 is 0 Å². The molecule has 0 aromatic rings. The van der Waals surface area contributed by atoms with Crippen molar-refractivity contribution < 1.29 is 14.3 Å². The van der Waals surface area contributed by atoms with Gasteiger partial charge in [-0.25, -0.2) is 4.79 Å². The van der Waals surface area contributed by atoms with E-state index in [0.717, 1.165) is 18.5 Å². The van der Waals surface area contributed by atoms with E-state index >= 15 is 0 Å². The monoisotopic (exact) mass is 227 g/mol. The summed E-state index contributed by atoms with van der Waals surface area (Å²) in [5, 5.41) is 0. The quantitative estimate of drug-likeness (QED) is 0.681. The zero-order chi connectivity index (χ0) is 12.2. The number of hydrogen-bond acceptors (Lipinski definition) is 3. The Morgan fingerprint density at radius 3 is 2.75 bits per heavy atom. The largest absolute Gasteiger partial charge is 0.500 e. The third kappa shape index (κ3) is 3.76. The van der Waals surface area contributed by atoms with Crippen LogP contribution < -0.4 is 0 Å². The lowest BCUT2D eigenvalue weighted by atomic mass is 10.2. The number of allylic oxidation sites excluding steroid dienone is 1. The van der Waals surface area contributed by atoms with Crippen LogP contribution in [0.1, 0.15) is 40.5 Å². The van der Waals surface area contributed by atoms with Gasteiger partial charge in [0, 0.05) is 6.54 Å². The third-order valence-corrected chi connectivity index (χ3v) is 2.16. The maximum Gasteiger partial charge on any atom is 0.414 e. The molecule has 0 aromatic carbocycles. The highest BCUT2D eigenvalue weighted by Crippen LogP contribution is 2.23. The molecular formula is C12H21NO3. The third-order valence-electron chi connectivity index (χ3n) is 2.16. The first kappa shape index (κ1) is 12.9. The Hall–Kier alpha value is -1.19. The molecule has 0 aliphatic carbocycles. The molecular weight excluding hydrogens is 206 g/mol. The molecule has 1 amide bonds. The highest BCUT2D eigenvalue weighted by atomic mass is 16.6. The molecule has 1 aliphatic rings. The van der Waals surface area contributed by atoms with E-state index in [0.29, 0.717) is 13.2 Å². The molecule has 0 spiro atoms. The Kier molecular flexibility index (Phi) is 4.21. The predicted octanol–water partition coefficient (Wildman–Crippen LogP) is 2.90. The van der Waals surface area contributed by atoms with Crippen LogP contribution in [-0.2, 0) is 9.47 Å². The molecule has 0 aromatic heterocycles. The summed E-state index contributed by atoms with van der Waals surface area (Å²) < 4.78 is 10.5. The molecule has 16 heavy (non-hydrogen) atoms. The minimum absolute atomic E-state index is 0.282. The van der Waals surface area contributed by atoms with E-state index in [1.54, 1.807) is 11.2 Å².